The summed E-state index contributed by atoms with van der Waals surface area (Å²) in [5.74, 6) is 0.859. The first-order chi connectivity index (χ1) is 9.69. The number of amides is 1. The predicted octanol–water partition coefficient (Wildman–Crippen LogP) is 0.735. The van der Waals surface area contributed by atoms with Gasteiger partial charge in [-0.1, -0.05) is 13.0 Å². The van der Waals surface area contributed by atoms with E-state index in [0.717, 1.165) is 37.4 Å². The summed E-state index contributed by atoms with van der Waals surface area (Å²) in [6.07, 6.45) is 3.65. The molecule has 0 aromatic carbocycles. The van der Waals surface area contributed by atoms with E-state index >= 15 is 0 Å². The minimum absolute atomic E-state index is 0.103. The van der Waals surface area contributed by atoms with E-state index in [-0.39, 0.29) is 11.3 Å². The lowest BCUT2D eigenvalue weighted by molar-refractivity contribution is -0.131. The van der Waals surface area contributed by atoms with Crippen molar-refractivity contribution in [1.82, 2.24) is 25.2 Å². The van der Waals surface area contributed by atoms with Gasteiger partial charge in [0.1, 0.15) is 0 Å². The first kappa shape index (κ1) is 13.1. The van der Waals surface area contributed by atoms with Crippen molar-refractivity contribution in [1.29, 1.82) is 0 Å². The van der Waals surface area contributed by atoms with Crippen LogP contribution in [0.1, 0.15) is 25.6 Å². The van der Waals surface area contributed by atoms with Crippen LogP contribution in [-0.2, 0) is 11.3 Å². The zero-order valence-electron chi connectivity index (χ0n) is 11.6. The van der Waals surface area contributed by atoms with Gasteiger partial charge in [0.15, 0.2) is 11.5 Å². The number of pyridine rings is 1. The molecule has 6 heteroatoms. The van der Waals surface area contributed by atoms with Crippen LogP contribution in [0, 0.1) is 5.41 Å². The molecule has 1 amide bonds. The molecule has 106 valence electrons. The molecule has 0 radical (unpaired) electrons. The van der Waals surface area contributed by atoms with E-state index in [1.54, 1.807) is 0 Å². The largest absolute Gasteiger partial charge is 0.348 e. The molecule has 0 bridgehead atoms. The average Bonchev–Trinajstić information content (AvgIpc) is 2.89. The van der Waals surface area contributed by atoms with Crippen molar-refractivity contribution in [3.05, 3.63) is 30.2 Å². The zero-order chi connectivity index (χ0) is 14.0. The molecule has 2 aromatic heterocycles. The number of carbonyl (C=O) groups excluding carboxylic acids is 1. The van der Waals surface area contributed by atoms with E-state index in [2.05, 4.69) is 20.8 Å². The average molecular weight is 273 g/mol. The third kappa shape index (κ3) is 2.38. The first-order valence-electron chi connectivity index (χ1n) is 6.97. The minimum Gasteiger partial charge on any atom is -0.348 e. The summed E-state index contributed by atoms with van der Waals surface area (Å²) < 4.78 is 1.89. The molecular formula is C14H19N5O. The van der Waals surface area contributed by atoms with E-state index in [1.807, 2.05) is 35.7 Å². The first-order valence-corrected chi connectivity index (χ1v) is 6.97. The molecule has 1 aliphatic heterocycles. The topological polar surface area (TPSA) is 71.3 Å². The maximum atomic E-state index is 12.4. The van der Waals surface area contributed by atoms with Gasteiger partial charge in [0.2, 0.25) is 5.91 Å². The van der Waals surface area contributed by atoms with Crippen LogP contribution in [0.4, 0.5) is 0 Å². The van der Waals surface area contributed by atoms with Gasteiger partial charge in [-0.25, -0.2) is 0 Å². The Balaban J connectivity index is 1.68. The maximum Gasteiger partial charge on any atom is 0.226 e. The van der Waals surface area contributed by atoms with Crippen molar-refractivity contribution in [3.63, 3.8) is 0 Å². The molecule has 1 saturated heterocycles. The second-order valence-corrected chi connectivity index (χ2v) is 5.54. The van der Waals surface area contributed by atoms with Gasteiger partial charge < -0.3 is 10.6 Å². The highest BCUT2D eigenvalue weighted by Gasteiger charge is 2.34. The van der Waals surface area contributed by atoms with Crippen LogP contribution in [0.2, 0.25) is 0 Å². The van der Waals surface area contributed by atoms with Gasteiger partial charge >= 0.3 is 0 Å². The minimum atomic E-state index is -0.272. The summed E-state index contributed by atoms with van der Waals surface area (Å²) >= 11 is 0. The van der Waals surface area contributed by atoms with E-state index in [4.69, 9.17) is 0 Å². The van der Waals surface area contributed by atoms with Gasteiger partial charge in [-0.2, -0.15) is 0 Å². The van der Waals surface area contributed by atoms with Gasteiger partial charge in [0.05, 0.1) is 6.54 Å². The quantitative estimate of drug-likeness (QED) is 0.865. The van der Waals surface area contributed by atoms with E-state index in [1.165, 1.54) is 0 Å². The van der Waals surface area contributed by atoms with Crippen molar-refractivity contribution >= 4 is 11.6 Å². The fraction of sp³-hybridized carbons (Fsp3) is 0.500. The number of hydrogen-bond donors (Lipinski definition) is 2. The summed E-state index contributed by atoms with van der Waals surface area (Å²) in [7, 11) is 0. The highest BCUT2D eigenvalue weighted by molar-refractivity contribution is 5.82. The van der Waals surface area contributed by atoms with Crippen molar-refractivity contribution < 1.29 is 4.79 Å². The number of hydrogen-bond acceptors (Lipinski definition) is 4. The highest BCUT2D eigenvalue weighted by Crippen LogP contribution is 2.27. The van der Waals surface area contributed by atoms with Crippen molar-refractivity contribution in [2.75, 3.05) is 13.1 Å². The van der Waals surface area contributed by atoms with Crippen LogP contribution >= 0.6 is 0 Å². The highest BCUT2D eigenvalue weighted by atomic mass is 16.2. The summed E-state index contributed by atoms with van der Waals surface area (Å²) in [5, 5.41) is 14.5. The lowest BCUT2D eigenvalue weighted by Gasteiger charge is -2.32. The Morgan fingerprint density at radius 2 is 2.20 bits per heavy atom. The Morgan fingerprint density at radius 3 is 3.00 bits per heavy atom. The van der Waals surface area contributed by atoms with Crippen molar-refractivity contribution in [3.8, 4) is 0 Å². The molecule has 1 fully saturated rings. The summed E-state index contributed by atoms with van der Waals surface area (Å²) in [6, 6.07) is 5.74. The number of nitrogens with zero attached hydrogens (tertiary/aromatic N) is 3. The molecule has 0 atom stereocenters. The van der Waals surface area contributed by atoms with Crippen LogP contribution in [0.25, 0.3) is 5.65 Å². The SMILES string of the molecule is CC1(C(=O)NCc2nnc3ccccn23)CCNCC1. The summed E-state index contributed by atoms with van der Waals surface area (Å²) in [5.41, 5.74) is 0.524. The smallest absolute Gasteiger partial charge is 0.226 e. The Hall–Kier alpha value is -1.95. The molecule has 2 N–H and O–H groups in total. The molecule has 0 unspecified atom stereocenters. The molecule has 20 heavy (non-hydrogen) atoms. The molecule has 3 rings (SSSR count). The standard InChI is InChI=1S/C14H19N5O/c1-14(5-7-15-8-6-14)13(20)16-10-12-18-17-11-4-2-3-9-19(11)12/h2-4,9,15H,5-8,10H2,1H3,(H,16,20). The van der Waals surface area contributed by atoms with Gasteiger partial charge in [0.25, 0.3) is 0 Å². The van der Waals surface area contributed by atoms with Crippen molar-refractivity contribution in [2.24, 2.45) is 5.41 Å². The third-order valence-electron chi connectivity index (χ3n) is 4.05. The van der Waals surface area contributed by atoms with Crippen LogP contribution < -0.4 is 10.6 Å². The lowest BCUT2D eigenvalue weighted by atomic mass is 9.80. The van der Waals surface area contributed by atoms with E-state index in [0.29, 0.717) is 6.54 Å². The monoisotopic (exact) mass is 273 g/mol. The normalized spacial score (nSPS) is 18.1. The molecule has 0 aliphatic carbocycles. The lowest BCUT2D eigenvalue weighted by Crippen LogP contribution is -2.45. The molecule has 2 aromatic rings. The molecule has 0 spiro atoms. The number of carbonyl (C=O) groups is 1. The van der Waals surface area contributed by atoms with Gasteiger partial charge in [-0.3, -0.25) is 9.20 Å². The number of nitrogens with one attached hydrogen (secondary N) is 2. The molecule has 3 heterocycles. The Morgan fingerprint density at radius 1 is 1.40 bits per heavy atom. The van der Waals surface area contributed by atoms with Gasteiger partial charge in [-0.05, 0) is 38.1 Å². The maximum absolute atomic E-state index is 12.4. The zero-order valence-corrected chi connectivity index (χ0v) is 11.6. The predicted molar refractivity (Wildman–Crippen MR) is 75.0 cm³/mol. The number of piperidine rings is 1. The Kier molecular flexibility index (Phi) is 3.40. The second-order valence-electron chi connectivity index (χ2n) is 5.54. The molecule has 1 aliphatic rings. The Labute approximate surface area is 117 Å². The van der Waals surface area contributed by atoms with Crippen LogP contribution in [-0.4, -0.2) is 33.6 Å². The van der Waals surface area contributed by atoms with E-state index in [9.17, 15) is 4.79 Å². The molecule has 6 nitrogen and oxygen atoms in total. The van der Waals surface area contributed by atoms with E-state index < -0.39 is 0 Å². The van der Waals surface area contributed by atoms with Gasteiger partial charge in [0, 0.05) is 11.6 Å². The fourth-order valence-corrected chi connectivity index (χ4v) is 2.59. The van der Waals surface area contributed by atoms with Crippen LogP contribution in [0.15, 0.2) is 24.4 Å². The number of fused-ring (bicyclic) bond motifs is 1. The third-order valence-corrected chi connectivity index (χ3v) is 4.05. The number of rotatable bonds is 3. The van der Waals surface area contributed by atoms with Crippen molar-refractivity contribution in [2.45, 2.75) is 26.3 Å². The molecular weight excluding hydrogens is 254 g/mol. The fourth-order valence-electron chi connectivity index (χ4n) is 2.59. The summed E-state index contributed by atoms with van der Waals surface area (Å²) in [6.45, 7) is 4.24. The number of aromatic nitrogens is 3. The molecule has 0 saturated carbocycles. The second kappa shape index (κ2) is 5.20. The summed E-state index contributed by atoms with van der Waals surface area (Å²) in [4.78, 5) is 12.4. The van der Waals surface area contributed by atoms with Crippen LogP contribution in [0.5, 0.6) is 0 Å². The Bertz CT molecular complexity index is 615. The van der Waals surface area contributed by atoms with Gasteiger partial charge in [-0.15, -0.1) is 10.2 Å². The van der Waals surface area contributed by atoms with Crippen LogP contribution in [0.3, 0.4) is 0 Å².